The minimum Gasteiger partial charge on any atom is -0.478 e. The molecule has 0 saturated carbocycles. The van der Waals surface area contributed by atoms with Gasteiger partial charge in [-0.1, -0.05) is 12.1 Å². The lowest BCUT2D eigenvalue weighted by Gasteiger charge is -2.13. The summed E-state index contributed by atoms with van der Waals surface area (Å²) in [5, 5.41) is 14.1. The molecule has 0 aliphatic rings. The molecule has 0 aliphatic heterocycles. The highest BCUT2D eigenvalue weighted by molar-refractivity contribution is 5.93. The largest absolute Gasteiger partial charge is 0.478 e. The van der Waals surface area contributed by atoms with Crippen LogP contribution in [0.5, 0.6) is 0 Å². The van der Waals surface area contributed by atoms with Gasteiger partial charge in [0.2, 0.25) is 0 Å². The SMILES string of the molecule is CC(C)n1nc(-c2ccc(C(=O)O)cc2)c2cccnc2c1=O. The number of rotatable bonds is 3. The highest BCUT2D eigenvalue weighted by atomic mass is 16.4. The molecule has 0 saturated heterocycles. The molecule has 3 rings (SSSR count). The van der Waals surface area contributed by atoms with Gasteiger partial charge in [0.25, 0.3) is 5.56 Å². The average molecular weight is 309 g/mol. The smallest absolute Gasteiger partial charge is 0.335 e. The number of carboxylic acid groups (broad SMARTS) is 1. The van der Waals surface area contributed by atoms with Gasteiger partial charge < -0.3 is 5.11 Å². The van der Waals surface area contributed by atoms with E-state index in [1.165, 1.54) is 16.8 Å². The molecular weight excluding hydrogens is 294 g/mol. The van der Waals surface area contributed by atoms with E-state index in [9.17, 15) is 9.59 Å². The van der Waals surface area contributed by atoms with Crippen LogP contribution in [0.4, 0.5) is 0 Å². The van der Waals surface area contributed by atoms with Crippen molar-refractivity contribution in [3.8, 4) is 11.3 Å². The fourth-order valence-corrected chi connectivity index (χ4v) is 2.42. The van der Waals surface area contributed by atoms with E-state index in [0.29, 0.717) is 16.6 Å². The van der Waals surface area contributed by atoms with Crippen LogP contribution in [-0.2, 0) is 0 Å². The average Bonchev–Trinajstić information content (AvgIpc) is 2.55. The highest BCUT2D eigenvalue weighted by Gasteiger charge is 2.15. The lowest BCUT2D eigenvalue weighted by Crippen LogP contribution is -2.26. The van der Waals surface area contributed by atoms with E-state index in [1.54, 1.807) is 30.5 Å². The topological polar surface area (TPSA) is 85.1 Å². The number of aromatic carboxylic acids is 1. The summed E-state index contributed by atoms with van der Waals surface area (Å²) in [6.45, 7) is 3.75. The quantitative estimate of drug-likeness (QED) is 0.804. The molecule has 0 fully saturated rings. The van der Waals surface area contributed by atoms with Crippen molar-refractivity contribution in [3.05, 3.63) is 58.5 Å². The van der Waals surface area contributed by atoms with Crippen LogP contribution < -0.4 is 5.56 Å². The van der Waals surface area contributed by atoms with Gasteiger partial charge in [-0.2, -0.15) is 5.10 Å². The molecule has 0 atom stereocenters. The number of pyridine rings is 1. The molecule has 6 heteroatoms. The molecule has 116 valence electrons. The molecule has 23 heavy (non-hydrogen) atoms. The molecule has 6 nitrogen and oxygen atoms in total. The van der Waals surface area contributed by atoms with Crippen molar-refractivity contribution < 1.29 is 9.90 Å². The summed E-state index contributed by atoms with van der Waals surface area (Å²) in [6, 6.07) is 9.85. The highest BCUT2D eigenvalue weighted by Crippen LogP contribution is 2.24. The van der Waals surface area contributed by atoms with Crippen molar-refractivity contribution in [2.75, 3.05) is 0 Å². The first-order valence-corrected chi connectivity index (χ1v) is 7.20. The second kappa shape index (κ2) is 5.64. The van der Waals surface area contributed by atoms with Crippen LogP contribution in [0.15, 0.2) is 47.4 Å². The molecule has 0 aliphatic carbocycles. The van der Waals surface area contributed by atoms with Crippen LogP contribution in [0.3, 0.4) is 0 Å². The van der Waals surface area contributed by atoms with Gasteiger partial charge in [0.15, 0.2) is 0 Å². The Morgan fingerprint density at radius 1 is 1.17 bits per heavy atom. The first kappa shape index (κ1) is 14.9. The lowest BCUT2D eigenvalue weighted by atomic mass is 10.1. The summed E-state index contributed by atoms with van der Waals surface area (Å²) >= 11 is 0. The Labute approximate surface area is 132 Å². The summed E-state index contributed by atoms with van der Waals surface area (Å²) in [5.41, 5.74) is 1.67. The second-order valence-corrected chi connectivity index (χ2v) is 5.47. The van der Waals surface area contributed by atoms with Crippen LogP contribution in [0.25, 0.3) is 22.2 Å². The summed E-state index contributed by atoms with van der Waals surface area (Å²) in [6.07, 6.45) is 1.58. The van der Waals surface area contributed by atoms with E-state index in [0.717, 1.165) is 5.56 Å². The first-order valence-electron chi connectivity index (χ1n) is 7.20. The molecule has 0 amide bonds. The number of aromatic nitrogens is 3. The Kier molecular flexibility index (Phi) is 3.65. The number of nitrogens with zero attached hydrogens (tertiary/aromatic N) is 3. The van der Waals surface area contributed by atoms with Crippen molar-refractivity contribution in [3.63, 3.8) is 0 Å². The number of hydrogen-bond donors (Lipinski definition) is 1. The zero-order chi connectivity index (χ0) is 16.6. The fourth-order valence-electron chi connectivity index (χ4n) is 2.42. The van der Waals surface area contributed by atoms with Gasteiger partial charge in [-0.05, 0) is 38.1 Å². The fraction of sp³-hybridized carbons (Fsp3) is 0.176. The molecule has 0 radical (unpaired) electrons. The van der Waals surface area contributed by atoms with E-state index in [4.69, 9.17) is 5.11 Å². The van der Waals surface area contributed by atoms with Gasteiger partial charge in [-0.3, -0.25) is 9.78 Å². The number of carboxylic acids is 1. The Balaban J connectivity index is 2.30. The maximum Gasteiger partial charge on any atom is 0.335 e. The molecule has 0 unspecified atom stereocenters. The number of benzene rings is 1. The van der Waals surface area contributed by atoms with E-state index in [2.05, 4.69) is 10.1 Å². The third-order valence-corrected chi connectivity index (χ3v) is 3.58. The lowest BCUT2D eigenvalue weighted by molar-refractivity contribution is 0.0697. The van der Waals surface area contributed by atoms with Crippen molar-refractivity contribution in [2.24, 2.45) is 0 Å². The molecule has 0 bridgehead atoms. The van der Waals surface area contributed by atoms with Crippen molar-refractivity contribution >= 4 is 16.9 Å². The van der Waals surface area contributed by atoms with Crippen LogP contribution in [0, 0.1) is 0 Å². The van der Waals surface area contributed by atoms with Gasteiger partial charge in [-0.25, -0.2) is 9.48 Å². The zero-order valence-corrected chi connectivity index (χ0v) is 12.7. The van der Waals surface area contributed by atoms with Gasteiger partial charge in [0.1, 0.15) is 11.2 Å². The monoisotopic (exact) mass is 309 g/mol. The van der Waals surface area contributed by atoms with Crippen molar-refractivity contribution in [2.45, 2.75) is 19.9 Å². The maximum atomic E-state index is 12.5. The predicted octanol–water partition coefficient (Wildman–Crippen LogP) is 2.74. The maximum absolute atomic E-state index is 12.5. The van der Waals surface area contributed by atoms with Crippen molar-refractivity contribution in [1.29, 1.82) is 0 Å². The van der Waals surface area contributed by atoms with Crippen LogP contribution in [0.2, 0.25) is 0 Å². The minimum absolute atomic E-state index is 0.106. The molecule has 2 heterocycles. The van der Waals surface area contributed by atoms with Gasteiger partial charge >= 0.3 is 5.97 Å². The number of carbonyl (C=O) groups is 1. The Bertz CT molecular complexity index is 943. The van der Waals surface area contributed by atoms with E-state index in [-0.39, 0.29) is 17.2 Å². The Morgan fingerprint density at radius 2 is 1.87 bits per heavy atom. The van der Waals surface area contributed by atoms with Gasteiger partial charge in [0.05, 0.1) is 11.6 Å². The predicted molar refractivity (Wildman–Crippen MR) is 86.6 cm³/mol. The molecule has 1 N–H and O–H groups in total. The number of hydrogen-bond acceptors (Lipinski definition) is 4. The molecule has 0 spiro atoms. The van der Waals surface area contributed by atoms with Gasteiger partial charge in [0, 0.05) is 17.1 Å². The molecule has 1 aromatic carbocycles. The summed E-state index contributed by atoms with van der Waals surface area (Å²) in [5.74, 6) is -0.983. The Morgan fingerprint density at radius 3 is 2.48 bits per heavy atom. The molecule has 3 aromatic rings. The summed E-state index contributed by atoms with van der Waals surface area (Å²) < 4.78 is 1.40. The molecular formula is C17H15N3O3. The minimum atomic E-state index is -0.983. The third kappa shape index (κ3) is 2.59. The second-order valence-electron chi connectivity index (χ2n) is 5.47. The van der Waals surface area contributed by atoms with Crippen LogP contribution >= 0.6 is 0 Å². The number of fused-ring (bicyclic) bond motifs is 1. The van der Waals surface area contributed by atoms with Crippen LogP contribution in [0.1, 0.15) is 30.2 Å². The summed E-state index contributed by atoms with van der Waals surface area (Å²) in [7, 11) is 0. The van der Waals surface area contributed by atoms with E-state index < -0.39 is 5.97 Å². The normalized spacial score (nSPS) is 11.1. The van der Waals surface area contributed by atoms with Crippen LogP contribution in [-0.4, -0.2) is 25.8 Å². The van der Waals surface area contributed by atoms with E-state index >= 15 is 0 Å². The van der Waals surface area contributed by atoms with Crippen molar-refractivity contribution in [1.82, 2.24) is 14.8 Å². The third-order valence-electron chi connectivity index (χ3n) is 3.58. The van der Waals surface area contributed by atoms with E-state index in [1.807, 2.05) is 13.8 Å². The zero-order valence-electron chi connectivity index (χ0n) is 12.7. The molecule has 2 aromatic heterocycles. The standard InChI is InChI=1S/C17H15N3O3/c1-10(2)20-16(21)15-13(4-3-9-18-15)14(19-20)11-5-7-12(8-6-11)17(22)23/h3-10H,1-2H3,(H,22,23). The summed E-state index contributed by atoms with van der Waals surface area (Å²) in [4.78, 5) is 27.6. The Hall–Kier alpha value is -3.02. The van der Waals surface area contributed by atoms with Gasteiger partial charge in [-0.15, -0.1) is 0 Å². The first-order chi connectivity index (χ1) is 11.0.